The van der Waals surface area contributed by atoms with Crippen LogP contribution in [0.5, 0.6) is 5.88 Å². The smallest absolute Gasteiger partial charge is 0.232 e. The first kappa shape index (κ1) is 20.8. The number of aromatic nitrogens is 3. The Morgan fingerprint density at radius 3 is 2.68 bits per heavy atom. The van der Waals surface area contributed by atoms with Crippen molar-refractivity contribution in [1.82, 2.24) is 14.8 Å². The summed E-state index contributed by atoms with van der Waals surface area (Å²) >= 11 is 0. The van der Waals surface area contributed by atoms with Gasteiger partial charge in [0.15, 0.2) is 0 Å². The molecule has 3 heterocycles. The van der Waals surface area contributed by atoms with Gasteiger partial charge in [0, 0.05) is 30.8 Å². The standard InChI is InChI=1S/C24H26N4O3/c1-16(17-7-5-4-6-8-17)11-20(29)13-19-12-18-14-25-24(31-3)23(18)21(26-19)15-28-10-9-22(27-28)30-2/h4-10,12,16H,11,13-15H2,1-3H3/t16-/m0/s1. The molecule has 0 aliphatic carbocycles. The van der Waals surface area contributed by atoms with Gasteiger partial charge in [0.2, 0.25) is 11.8 Å². The number of fused-ring (bicyclic) bond motifs is 1. The highest BCUT2D eigenvalue weighted by atomic mass is 16.5. The van der Waals surface area contributed by atoms with Crippen molar-refractivity contribution in [3.63, 3.8) is 0 Å². The second-order valence-corrected chi connectivity index (χ2v) is 7.71. The first-order valence-corrected chi connectivity index (χ1v) is 10.3. The number of ketones is 1. The molecule has 7 nitrogen and oxygen atoms in total. The molecule has 0 N–H and O–H groups in total. The number of hydrogen-bond donors (Lipinski definition) is 0. The van der Waals surface area contributed by atoms with Crippen LogP contribution in [-0.2, 0) is 29.0 Å². The molecule has 1 aliphatic rings. The van der Waals surface area contributed by atoms with Crippen LogP contribution >= 0.6 is 0 Å². The minimum absolute atomic E-state index is 0.168. The van der Waals surface area contributed by atoms with E-state index in [1.54, 1.807) is 25.0 Å². The fraction of sp³-hybridized carbons (Fsp3) is 0.333. The number of methoxy groups -OCH3 is 2. The van der Waals surface area contributed by atoms with E-state index in [1.807, 2.05) is 30.5 Å². The van der Waals surface area contributed by atoms with Crippen LogP contribution < -0.4 is 4.74 Å². The molecule has 0 saturated carbocycles. The van der Waals surface area contributed by atoms with Gasteiger partial charge in [-0.25, -0.2) is 4.99 Å². The summed E-state index contributed by atoms with van der Waals surface area (Å²) in [7, 11) is 3.19. The van der Waals surface area contributed by atoms with Gasteiger partial charge in [0.1, 0.15) is 5.78 Å². The van der Waals surface area contributed by atoms with E-state index < -0.39 is 0 Å². The second-order valence-electron chi connectivity index (χ2n) is 7.71. The maximum absolute atomic E-state index is 12.8. The molecule has 1 aliphatic heterocycles. The zero-order valence-corrected chi connectivity index (χ0v) is 18.0. The number of Topliss-reactive ketones (excluding diaryl/α,β-unsaturated/α-hetero) is 1. The zero-order chi connectivity index (χ0) is 21.8. The fourth-order valence-corrected chi connectivity index (χ4v) is 3.92. The topological polar surface area (TPSA) is 78.6 Å². The molecule has 0 amide bonds. The van der Waals surface area contributed by atoms with Crippen LogP contribution in [0.2, 0.25) is 0 Å². The van der Waals surface area contributed by atoms with Crippen molar-refractivity contribution in [2.24, 2.45) is 4.99 Å². The van der Waals surface area contributed by atoms with Crippen LogP contribution in [0.4, 0.5) is 0 Å². The molecule has 0 spiro atoms. The number of nitrogens with zero attached hydrogens (tertiary/aromatic N) is 4. The number of hydrogen-bond acceptors (Lipinski definition) is 6. The largest absolute Gasteiger partial charge is 0.481 e. The minimum Gasteiger partial charge on any atom is -0.481 e. The van der Waals surface area contributed by atoms with Crippen molar-refractivity contribution in [2.45, 2.75) is 38.8 Å². The van der Waals surface area contributed by atoms with Gasteiger partial charge in [0.05, 0.1) is 38.6 Å². The average Bonchev–Trinajstić information content (AvgIpc) is 3.40. The Kier molecular flexibility index (Phi) is 6.11. The van der Waals surface area contributed by atoms with Gasteiger partial charge in [-0.2, -0.15) is 0 Å². The molecular weight excluding hydrogens is 392 g/mol. The van der Waals surface area contributed by atoms with Gasteiger partial charge in [0.25, 0.3) is 0 Å². The maximum atomic E-state index is 12.8. The van der Waals surface area contributed by atoms with Crippen LogP contribution in [0.3, 0.4) is 0 Å². The van der Waals surface area contributed by atoms with Crippen LogP contribution in [0.25, 0.3) is 0 Å². The van der Waals surface area contributed by atoms with E-state index in [4.69, 9.17) is 14.5 Å². The third-order valence-electron chi connectivity index (χ3n) is 5.45. The number of benzene rings is 1. The molecule has 2 aromatic heterocycles. The monoisotopic (exact) mass is 418 g/mol. The fourth-order valence-electron chi connectivity index (χ4n) is 3.92. The van der Waals surface area contributed by atoms with Gasteiger partial charge in [-0.05, 0) is 23.1 Å². The molecule has 7 heteroatoms. The van der Waals surface area contributed by atoms with Gasteiger partial charge < -0.3 is 9.47 Å². The summed E-state index contributed by atoms with van der Waals surface area (Å²) in [6, 6.07) is 13.9. The third kappa shape index (κ3) is 4.66. The Morgan fingerprint density at radius 1 is 1.16 bits per heavy atom. The normalized spacial score (nSPS) is 13.5. The van der Waals surface area contributed by atoms with Crippen molar-refractivity contribution in [3.8, 4) is 5.88 Å². The van der Waals surface area contributed by atoms with E-state index in [-0.39, 0.29) is 11.7 Å². The highest BCUT2D eigenvalue weighted by Crippen LogP contribution is 2.25. The van der Waals surface area contributed by atoms with E-state index in [0.29, 0.717) is 37.7 Å². The van der Waals surface area contributed by atoms with Crippen molar-refractivity contribution in [2.75, 3.05) is 14.2 Å². The Labute approximate surface area is 181 Å². The molecule has 1 aromatic carbocycles. The number of carbonyl (C=O) groups excluding carboxylic acids is 1. The van der Waals surface area contributed by atoms with Gasteiger partial charge >= 0.3 is 0 Å². The Balaban J connectivity index is 1.55. The minimum atomic E-state index is 0.168. The lowest BCUT2D eigenvalue weighted by atomic mass is 9.94. The lowest BCUT2D eigenvalue weighted by molar-refractivity contribution is -0.118. The number of pyridine rings is 1. The maximum Gasteiger partial charge on any atom is 0.232 e. The zero-order valence-electron chi connectivity index (χ0n) is 18.0. The first-order chi connectivity index (χ1) is 15.1. The molecular formula is C24H26N4O3. The summed E-state index contributed by atoms with van der Waals surface area (Å²) in [6.45, 7) is 3.05. The number of rotatable bonds is 8. The Bertz CT molecular complexity index is 1110. The number of aliphatic imine (C=N–C) groups is 1. The number of carbonyl (C=O) groups is 1. The highest BCUT2D eigenvalue weighted by Gasteiger charge is 2.24. The lowest BCUT2D eigenvalue weighted by Crippen LogP contribution is -2.15. The molecule has 1 atom stereocenters. The SMILES string of the molecule is COC1=NCc2cc(CC(=O)C[C@H](C)c3ccccc3)nc(Cn3ccc(OC)n3)c21. The molecule has 0 saturated heterocycles. The van der Waals surface area contributed by atoms with Crippen molar-refractivity contribution < 1.29 is 14.3 Å². The molecule has 0 radical (unpaired) electrons. The summed E-state index contributed by atoms with van der Waals surface area (Å²) in [5.41, 5.74) is 4.64. The lowest BCUT2D eigenvalue weighted by Gasteiger charge is -2.13. The molecule has 160 valence electrons. The van der Waals surface area contributed by atoms with Gasteiger partial charge in [-0.1, -0.05) is 37.3 Å². The van der Waals surface area contributed by atoms with E-state index in [9.17, 15) is 4.79 Å². The second kappa shape index (κ2) is 9.12. The highest BCUT2D eigenvalue weighted by molar-refractivity contribution is 5.98. The summed E-state index contributed by atoms with van der Waals surface area (Å²) < 4.78 is 12.4. The molecule has 3 aromatic rings. The van der Waals surface area contributed by atoms with Gasteiger partial charge in [-0.15, -0.1) is 5.10 Å². The molecule has 0 unspecified atom stereocenters. The number of ether oxygens (including phenoxy) is 2. The van der Waals surface area contributed by atoms with Crippen LogP contribution in [0.1, 0.15) is 47.3 Å². The summed E-state index contributed by atoms with van der Waals surface area (Å²) in [5, 5.41) is 4.37. The average molecular weight is 418 g/mol. The first-order valence-electron chi connectivity index (χ1n) is 10.3. The summed E-state index contributed by atoms with van der Waals surface area (Å²) in [4.78, 5) is 22.1. The van der Waals surface area contributed by atoms with Crippen molar-refractivity contribution in [3.05, 3.63) is 76.7 Å². The Hall–Kier alpha value is -3.48. The predicted molar refractivity (Wildman–Crippen MR) is 118 cm³/mol. The van der Waals surface area contributed by atoms with E-state index in [0.717, 1.165) is 22.5 Å². The van der Waals surface area contributed by atoms with E-state index >= 15 is 0 Å². The third-order valence-corrected chi connectivity index (χ3v) is 5.45. The molecule has 4 rings (SSSR count). The van der Waals surface area contributed by atoms with Crippen LogP contribution in [0.15, 0.2) is 53.7 Å². The van der Waals surface area contributed by atoms with Crippen LogP contribution in [-0.4, -0.2) is 40.7 Å². The molecule has 31 heavy (non-hydrogen) atoms. The Morgan fingerprint density at radius 2 is 1.97 bits per heavy atom. The quantitative estimate of drug-likeness (QED) is 0.559. The summed E-state index contributed by atoms with van der Waals surface area (Å²) in [5.74, 6) is 1.45. The van der Waals surface area contributed by atoms with Crippen LogP contribution in [0, 0.1) is 0 Å². The van der Waals surface area contributed by atoms with Crippen molar-refractivity contribution >= 4 is 11.7 Å². The predicted octanol–water partition coefficient (Wildman–Crippen LogP) is 3.55. The summed E-state index contributed by atoms with van der Waals surface area (Å²) in [6.07, 6.45) is 2.61. The van der Waals surface area contributed by atoms with E-state index in [2.05, 4.69) is 29.1 Å². The van der Waals surface area contributed by atoms with Gasteiger partial charge in [-0.3, -0.25) is 14.5 Å². The van der Waals surface area contributed by atoms with E-state index in [1.165, 1.54) is 5.56 Å². The molecule has 0 fully saturated rings. The van der Waals surface area contributed by atoms with Crippen molar-refractivity contribution in [1.29, 1.82) is 0 Å². The molecule has 0 bridgehead atoms.